The average molecular weight is 578 g/mol. The number of halogens is 2. The van der Waals surface area contributed by atoms with Crippen LogP contribution in [0, 0.1) is 5.82 Å². The van der Waals surface area contributed by atoms with Gasteiger partial charge in [-0.25, -0.2) is 19.4 Å². The van der Waals surface area contributed by atoms with Crippen LogP contribution in [0.15, 0.2) is 72.0 Å². The lowest BCUT2D eigenvalue weighted by Gasteiger charge is -2.12. The van der Waals surface area contributed by atoms with Crippen molar-refractivity contribution in [3.05, 3.63) is 89.0 Å². The zero-order valence-electron chi connectivity index (χ0n) is 22.6. The normalized spacial score (nSPS) is 14.6. The van der Waals surface area contributed by atoms with Gasteiger partial charge in [0.05, 0.1) is 17.1 Å². The van der Waals surface area contributed by atoms with Crippen molar-refractivity contribution in [1.82, 2.24) is 14.9 Å². The molecule has 0 amide bonds. The van der Waals surface area contributed by atoms with Crippen LogP contribution < -0.4 is 10.1 Å². The van der Waals surface area contributed by atoms with E-state index < -0.39 is 0 Å². The summed E-state index contributed by atoms with van der Waals surface area (Å²) in [5.74, 6) is 1.08. The molecule has 1 unspecified atom stereocenters. The van der Waals surface area contributed by atoms with E-state index >= 15 is 0 Å². The molecular weight excluding hydrogens is 549 g/mol. The Labute approximate surface area is 241 Å². The number of aliphatic imine (C=N–C) groups is 1. The number of nitrogens with zero attached hydrogens (tertiary/aromatic N) is 4. The Hall–Kier alpha value is -4.28. The van der Waals surface area contributed by atoms with Crippen molar-refractivity contribution in [2.45, 2.75) is 19.1 Å². The minimum absolute atomic E-state index is 0.187. The zero-order chi connectivity index (χ0) is 28.8. The minimum Gasteiger partial charge on any atom is -0.487 e. The van der Waals surface area contributed by atoms with Gasteiger partial charge in [-0.05, 0) is 67.7 Å². The number of likely N-dealkylation sites (N-methyl/N-ethyl adjacent to an activating group) is 1. The molecule has 4 aromatic rings. The van der Waals surface area contributed by atoms with E-state index in [2.05, 4.69) is 20.3 Å². The van der Waals surface area contributed by atoms with Crippen LogP contribution in [0.5, 0.6) is 5.75 Å². The number of rotatable bonds is 11. The van der Waals surface area contributed by atoms with E-state index in [0.717, 1.165) is 16.5 Å². The Bertz CT molecular complexity index is 1580. The average Bonchev–Trinajstić information content (AvgIpc) is 3.39. The van der Waals surface area contributed by atoms with Crippen molar-refractivity contribution in [2.24, 2.45) is 4.99 Å². The maximum absolute atomic E-state index is 13.4. The van der Waals surface area contributed by atoms with E-state index in [1.54, 1.807) is 29.2 Å². The largest absolute Gasteiger partial charge is 0.487 e. The third-order valence-electron chi connectivity index (χ3n) is 6.18. The Morgan fingerprint density at radius 3 is 2.80 bits per heavy atom. The fourth-order valence-corrected chi connectivity index (χ4v) is 4.49. The Morgan fingerprint density at radius 2 is 2.00 bits per heavy atom. The van der Waals surface area contributed by atoms with Crippen LogP contribution in [0.2, 0.25) is 5.02 Å². The first-order valence-electron chi connectivity index (χ1n) is 13.0. The number of anilines is 2. The molecule has 5 rings (SSSR count). The molecule has 0 aliphatic carbocycles. The van der Waals surface area contributed by atoms with Crippen molar-refractivity contribution < 1.29 is 23.4 Å². The third-order valence-corrected chi connectivity index (χ3v) is 6.48. The molecule has 0 fully saturated rings. The number of carbonyl (C=O) groups excluding carboxylic acids is 1. The van der Waals surface area contributed by atoms with Crippen LogP contribution in [-0.4, -0.2) is 66.6 Å². The van der Waals surface area contributed by atoms with Crippen LogP contribution in [-0.2, 0) is 27.3 Å². The van der Waals surface area contributed by atoms with Gasteiger partial charge in [0.15, 0.2) is 5.90 Å². The lowest BCUT2D eigenvalue weighted by Crippen LogP contribution is -2.26. The summed E-state index contributed by atoms with van der Waals surface area (Å²) in [6, 6.07) is 17.2. The monoisotopic (exact) mass is 577 g/mol. The summed E-state index contributed by atoms with van der Waals surface area (Å²) < 4.78 is 30.3. The number of esters is 1. The predicted octanol–water partition coefficient (Wildman–Crippen LogP) is 5.19. The van der Waals surface area contributed by atoms with Crippen LogP contribution in [0.25, 0.3) is 10.9 Å². The van der Waals surface area contributed by atoms with Crippen LogP contribution >= 0.6 is 11.6 Å². The number of hydrogen-bond acceptors (Lipinski definition) is 9. The SMILES string of the molecule is CN(C)CC(=O)OCC1COC(Cc2ccc3ncnc(Nc4ccc(OCc5cccc(F)c5)c(Cl)c4)c3c2)=N1. The van der Waals surface area contributed by atoms with E-state index in [0.29, 0.717) is 46.8 Å². The number of aromatic nitrogens is 2. The van der Waals surface area contributed by atoms with Gasteiger partial charge in [-0.3, -0.25) is 9.69 Å². The highest BCUT2D eigenvalue weighted by Crippen LogP contribution is 2.31. The quantitative estimate of drug-likeness (QED) is 0.243. The fraction of sp³-hybridized carbons (Fsp3) is 0.267. The molecule has 1 aromatic heterocycles. The summed E-state index contributed by atoms with van der Waals surface area (Å²) in [6.07, 6.45) is 1.98. The number of benzene rings is 3. The molecule has 0 radical (unpaired) electrons. The van der Waals surface area contributed by atoms with Crippen molar-refractivity contribution in [2.75, 3.05) is 39.2 Å². The summed E-state index contributed by atoms with van der Waals surface area (Å²) in [7, 11) is 3.62. The summed E-state index contributed by atoms with van der Waals surface area (Å²) in [6.45, 7) is 0.977. The number of hydrogen-bond donors (Lipinski definition) is 1. The molecule has 212 valence electrons. The van der Waals surface area contributed by atoms with Crippen molar-refractivity contribution in [1.29, 1.82) is 0 Å². The van der Waals surface area contributed by atoms with E-state index in [1.807, 2.05) is 38.4 Å². The predicted molar refractivity (Wildman–Crippen MR) is 155 cm³/mol. The second-order valence-electron chi connectivity index (χ2n) is 9.85. The molecule has 41 heavy (non-hydrogen) atoms. The van der Waals surface area contributed by atoms with E-state index in [4.69, 9.17) is 25.8 Å². The van der Waals surface area contributed by atoms with Gasteiger partial charge >= 0.3 is 5.97 Å². The van der Waals surface area contributed by atoms with E-state index in [9.17, 15) is 9.18 Å². The maximum Gasteiger partial charge on any atom is 0.320 e. The Balaban J connectivity index is 1.24. The van der Waals surface area contributed by atoms with Crippen molar-refractivity contribution >= 4 is 45.9 Å². The van der Waals surface area contributed by atoms with Gasteiger partial charge in [0.1, 0.15) is 49.6 Å². The topological polar surface area (TPSA) is 98.2 Å². The van der Waals surface area contributed by atoms with Crippen LogP contribution in [0.3, 0.4) is 0 Å². The highest BCUT2D eigenvalue weighted by molar-refractivity contribution is 6.32. The molecule has 0 saturated carbocycles. The smallest absolute Gasteiger partial charge is 0.320 e. The molecule has 2 heterocycles. The Kier molecular flexibility index (Phi) is 8.91. The molecule has 0 bridgehead atoms. The summed E-state index contributed by atoms with van der Waals surface area (Å²) in [4.78, 5) is 27.0. The number of nitrogens with one attached hydrogen (secondary N) is 1. The van der Waals surface area contributed by atoms with Crippen LogP contribution in [0.4, 0.5) is 15.9 Å². The lowest BCUT2D eigenvalue weighted by atomic mass is 10.1. The highest BCUT2D eigenvalue weighted by atomic mass is 35.5. The molecule has 11 heteroatoms. The number of carbonyl (C=O) groups is 1. The molecule has 3 aromatic carbocycles. The molecule has 9 nitrogen and oxygen atoms in total. The maximum atomic E-state index is 13.4. The molecule has 1 atom stereocenters. The third kappa shape index (κ3) is 7.68. The number of ether oxygens (including phenoxy) is 3. The number of fused-ring (bicyclic) bond motifs is 1. The second kappa shape index (κ2) is 12.9. The summed E-state index contributed by atoms with van der Waals surface area (Å²) in [5.41, 5.74) is 3.17. The first kappa shape index (κ1) is 28.3. The molecule has 1 aliphatic rings. The van der Waals surface area contributed by atoms with Gasteiger partial charge in [0.25, 0.3) is 0 Å². The molecule has 0 spiro atoms. The standard InChI is InChI=1S/C30H29ClFN5O4/c1-37(2)14-29(38)41-17-23-16-40-28(35-23)12-19-6-8-26-24(11-19)30(34-18-33-26)36-22-7-9-27(25(31)13-22)39-15-20-4-3-5-21(32)10-20/h3-11,13,18,23H,12,14-17H2,1-2H3,(H,33,34,36). The molecule has 1 aliphatic heterocycles. The van der Waals surface area contributed by atoms with Gasteiger partial charge in [0.2, 0.25) is 0 Å². The molecule has 0 saturated heterocycles. The van der Waals surface area contributed by atoms with Gasteiger partial charge in [-0.1, -0.05) is 29.8 Å². The fourth-order valence-electron chi connectivity index (χ4n) is 4.25. The zero-order valence-corrected chi connectivity index (χ0v) is 23.4. The minimum atomic E-state index is -0.316. The van der Waals surface area contributed by atoms with Gasteiger partial charge in [0, 0.05) is 17.5 Å². The molecular formula is C30H29ClFN5O4. The lowest BCUT2D eigenvalue weighted by molar-refractivity contribution is -0.144. The van der Waals surface area contributed by atoms with Crippen molar-refractivity contribution in [3.8, 4) is 5.75 Å². The summed E-state index contributed by atoms with van der Waals surface area (Å²) >= 11 is 6.48. The van der Waals surface area contributed by atoms with E-state index in [1.165, 1.54) is 18.5 Å². The first-order valence-corrected chi connectivity index (χ1v) is 13.4. The van der Waals surface area contributed by atoms with E-state index in [-0.39, 0.29) is 37.6 Å². The second-order valence-corrected chi connectivity index (χ2v) is 10.3. The van der Waals surface area contributed by atoms with Gasteiger partial charge in [-0.2, -0.15) is 0 Å². The highest BCUT2D eigenvalue weighted by Gasteiger charge is 2.21. The van der Waals surface area contributed by atoms with Gasteiger partial charge < -0.3 is 19.5 Å². The Morgan fingerprint density at radius 1 is 1.12 bits per heavy atom. The first-order chi connectivity index (χ1) is 19.8. The molecule has 1 N–H and O–H groups in total. The summed E-state index contributed by atoms with van der Waals surface area (Å²) in [5, 5.41) is 4.54. The van der Waals surface area contributed by atoms with Gasteiger partial charge in [-0.15, -0.1) is 0 Å². The van der Waals surface area contributed by atoms with Crippen molar-refractivity contribution in [3.63, 3.8) is 0 Å². The van der Waals surface area contributed by atoms with Crippen LogP contribution in [0.1, 0.15) is 11.1 Å².